The molecule has 228 valence electrons. The van der Waals surface area contributed by atoms with Crippen LogP contribution in [0.15, 0.2) is 30.5 Å². The predicted octanol–water partition coefficient (Wildman–Crippen LogP) is 4.78. The number of hydrogen-bond donors (Lipinski definition) is 2. The van der Waals surface area contributed by atoms with Crippen molar-refractivity contribution < 1.29 is 19.0 Å². The molecule has 1 aliphatic heterocycles. The number of carbonyl (C=O) groups excluding carboxylic acids is 1. The Morgan fingerprint density at radius 2 is 1.71 bits per heavy atom. The van der Waals surface area contributed by atoms with Gasteiger partial charge in [0.05, 0.1) is 49.9 Å². The highest BCUT2D eigenvalue weighted by atomic mass is 35.5. The number of ether oxygens (including phenoxy) is 3. The molecule has 1 amide bonds. The Morgan fingerprint density at radius 3 is 2.43 bits per heavy atom. The lowest BCUT2D eigenvalue weighted by molar-refractivity contribution is 0.0105. The van der Waals surface area contributed by atoms with Crippen molar-refractivity contribution in [2.75, 3.05) is 87.9 Å². The van der Waals surface area contributed by atoms with Gasteiger partial charge in [0.15, 0.2) is 5.13 Å². The van der Waals surface area contributed by atoms with E-state index in [0.717, 1.165) is 57.1 Å². The highest BCUT2D eigenvalue weighted by molar-refractivity contribution is 7.17. The summed E-state index contributed by atoms with van der Waals surface area (Å²) in [5.74, 6) is 1.90. The number of aryl methyl sites for hydroxylation is 2. The number of amides is 1. The third-order valence-electron chi connectivity index (χ3n) is 6.59. The smallest absolute Gasteiger partial charge is 0.267 e. The third kappa shape index (κ3) is 9.85. The van der Waals surface area contributed by atoms with E-state index in [1.165, 1.54) is 11.3 Å². The van der Waals surface area contributed by atoms with Crippen molar-refractivity contribution in [3.8, 4) is 0 Å². The third-order valence-corrected chi connectivity index (χ3v) is 7.82. The summed E-state index contributed by atoms with van der Waals surface area (Å²) in [6.07, 6.45) is 2.57. The molecule has 1 aromatic carbocycles. The van der Waals surface area contributed by atoms with Crippen molar-refractivity contribution in [1.82, 2.24) is 19.9 Å². The molecule has 0 unspecified atom stereocenters. The number of para-hydroxylation sites is 1. The van der Waals surface area contributed by atoms with Crippen molar-refractivity contribution in [3.05, 3.63) is 51.7 Å². The standard InChI is InChI=1S/C29H40ClN7O4S/c1-4-13-39-15-17-41-18-16-40-14-12-36-8-10-37(11-9-36)26-19-25(32-22(3)33-26)34-29-31-20-24(42-29)28(38)35-27-21(2)6-5-7-23(27)30/h5-7,19-20H,4,8-18H2,1-3H3,(H,35,38)(H,31,32,33,34). The Labute approximate surface area is 256 Å². The van der Waals surface area contributed by atoms with Crippen LogP contribution >= 0.6 is 22.9 Å². The Hall–Kier alpha value is -2.87. The van der Waals surface area contributed by atoms with E-state index >= 15 is 0 Å². The fourth-order valence-electron chi connectivity index (χ4n) is 4.37. The Balaban J connectivity index is 1.21. The van der Waals surface area contributed by atoms with Crippen molar-refractivity contribution in [2.24, 2.45) is 0 Å². The molecule has 11 nitrogen and oxygen atoms in total. The first-order valence-electron chi connectivity index (χ1n) is 14.3. The lowest BCUT2D eigenvalue weighted by Crippen LogP contribution is -2.47. The van der Waals surface area contributed by atoms with Crippen LogP contribution in [-0.2, 0) is 14.2 Å². The topological polar surface area (TPSA) is 114 Å². The SMILES string of the molecule is CCCOCCOCCOCCN1CCN(c2cc(Nc3ncc(C(=O)Nc4c(C)cccc4Cl)s3)nc(C)n2)CC1. The molecule has 0 atom stereocenters. The van der Waals surface area contributed by atoms with E-state index in [1.54, 1.807) is 12.3 Å². The number of rotatable bonds is 16. The summed E-state index contributed by atoms with van der Waals surface area (Å²) in [6.45, 7) is 14.2. The number of carbonyl (C=O) groups is 1. The molecule has 2 N–H and O–H groups in total. The van der Waals surface area contributed by atoms with E-state index in [2.05, 4.69) is 42.3 Å². The summed E-state index contributed by atoms with van der Waals surface area (Å²) >= 11 is 7.51. The van der Waals surface area contributed by atoms with Crippen LogP contribution in [0.1, 0.15) is 34.4 Å². The maximum atomic E-state index is 12.8. The summed E-state index contributed by atoms with van der Waals surface area (Å²) < 4.78 is 16.6. The molecule has 0 spiro atoms. The van der Waals surface area contributed by atoms with E-state index in [0.29, 0.717) is 65.4 Å². The molecular formula is C29H40ClN7O4S. The van der Waals surface area contributed by atoms with Gasteiger partial charge in [-0.1, -0.05) is 42.0 Å². The minimum Gasteiger partial charge on any atom is -0.379 e. The second-order valence-electron chi connectivity index (χ2n) is 9.86. The van der Waals surface area contributed by atoms with Gasteiger partial charge in [-0.2, -0.15) is 0 Å². The number of hydrogen-bond acceptors (Lipinski definition) is 11. The summed E-state index contributed by atoms with van der Waals surface area (Å²) in [6, 6.07) is 7.42. The molecule has 0 radical (unpaired) electrons. The van der Waals surface area contributed by atoms with Gasteiger partial charge in [-0.15, -0.1) is 0 Å². The monoisotopic (exact) mass is 617 g/mol. The van der Waals surface area contributed by atoms with Gasteiger partial charge in [-0.25, -0.2) is 15.0 Å². The van der Waals surface area contributed by atoms with E-state index < -0.39 is 0 Å². The number of piperazine rings is 1. The lowest BCUT2D eigenvalue weighted by atomic mass is 10.2. The number of anilines is 4. The van der Waals surface area contributed by atoms with Crippen molar-refractivity contribution in [3.63, 3.8) is 0 Å². The molecule has 3 heterocycles. The summed E-state index contributed by atoms with van der Waals surface area (Å²) in [5, 5.41) is 7.19. The summed E-state index contributed by atoms with van der Waals surface area (Å²) in [4.78, 5) is 31.5. The molecule has 1 aliphatic rings. The second kappa shape index (κ2) is 16.7. The quantitative estimate of drug-likeness (QED) is 0.218. The highest BCUT2D eigenvalue weighted by Gasteiger charge is 2.20. The molecule has 0 bridgehead atoms. The fourth-order valence-corrected chi connectivity index (χ4v) is 5.36. The first-order chi connectivity index (χ1) is 20.4. The maximum Gasteiger partial charge on any atom is 0.267 e. The molecule has 0 aliphatic carbocycles. The Morgan fingerprint density at radius 1 is 1.00 bits per heavy atom. The van der Waals surface area contributed by atoms with Gasteiger partial charge < -0.3 is 29.7 Å². The molecule has 13 heteroatoms. The number of thiazole rings is 1. The summed E-state index contributed by atoms with van der Waals surface area (Å²) in [7, 11) is 0. The van der Waals surface area contributed by atoms with E-state index in [9.17, 15) is 4.79 Å². The molecule has 2 aromatic heterocycles. The number of nitrogens with zero attached hydrogens (tertiary/aromatic N) is 5. The maximum absolute atomic E-state index is 12.8. The second-order valence-corrected chi connectivity index (χ2v) is 11.3. The van der Waals surface area contributed by atoms with Crippen molar-refractivity contribution in [1.29, 1.82) is 0 Å². The van der Waals surface area contributed by atoms with Gasteiger partial charge >= 0.3 is 0 Å². The number of nitrogens with one attached hydrogen (secondary N) is 2. The normalized spacial score (nSPS) is 13.9. The molecular weight excluding hydrogens is 578 g/mol. The zero-order chi connectivity index (χ0) is 29.7. The van der Waals surface area contributed by atoms with Crippen molar-refractivity contribution in [2.45, 2.75) is 27.2 Å². The molecule has 3 aromatic rings. The van der Waals surface area contributed by atoms with Crippen LogP contribution in [0.5, 0.6) is 0 Å². The van der Waals surface area contributed by atoms with Crippen LogP contribution in [0.4, 0.5) is 22.5 Å². The minimum absolute atomic E-state index is 0.263. The van der Waals surface area contributed by atoms with E-state index in [-0.39, 0.29) is 5.91 Å². The van der Waals surface area contributed by atoms with Gasteiger partial charge in [-0.05, 0) is 31.9 Å². The molecule has 1 fully saturated rings. The van der Waals surface area contributed by atoms with Crippen LogP contribution in [0, 0.1) is 13.8 Å². The van der Waals surface area contributed by atoms with Crippen LogP contribution in [-0.4, -0.2) is 98.1 Å². The Kier molecular flexibility index (Phi) is 12.7. The lowest BCUT2D eigenvalue weighted by Gasteiger charge is -2.35. The zero-order valence-corrected chi connectivity index (χ0v) is 26.1. The number of halogens is 1. The van der Waals surface area contributed by atoms with Crippen LogP contribution in [0.3, 0.4) is 0 Å². The van der Waals surface area contributed by atoms with Crippen molar-refractivity contribution >= 4 is 51.3 Å². The van der Waals surface area contributed by atoms with Crippen LogP contribution < -0.4 is 15.5 Å². The van der Waals surface area contributed by atoms with Crippen LogP contribution in [0.2, 0.25) is 5.02 Å². The fraction of sp³-hybridized carbons (Fsp3) is 0.517. The molecule has 1 saturated heterocycles. The minimum atomic E-state index is -0.263. The zero-order valence-electron chi connectivity index (χ0n) is 24.5. The van der Waals surface area contributed by atoms with E-state index in [4.69, 9.17) is 25.8 Å². The molecule has 4 rings (SSSR count). The average molecular weight is 618 g/mol. The first-order valence-corrected chi connectivity index (χ1v) is 15.5. The number of aromatic nitrogens is 3. The Bertz CT molecular complexity index is 1270. The van der Waals surface area contributed by atoms with Crippen LogP contribution in [0.25, 0.3) is 0 Å². The van der Waals surface area contributed by atoms with Gasteiger partial charge in [0, 0.05) is 45.4 Å². The molecule has 0 saturated carbocycles. The van der Waals surface area contributed by atoms with E-state index in [1.807, 2.05) is 32.0 Å². The predicted molar refractivity (Wildman–Crippen MR) is 168 cm³/mol. The first kappa shape index (κ1) is 32.1. The van der Waals surface area contributed by atoms with Gasteiger partial charge in [0.2, 0.25) is 0 Å². The van der Waals surface area contributed by atoms with Gasteiger partial charge in [0.25, 0.3) is 5.91 Å². The van der Waals surface area contributed by atoms with Gasteiger partial charge in [-0.3, -0.25) is 9.69 Å². The largest absolute Gasteiger partial charge is 0.379 e. The number of benzene rings is 1. The highest BCUT2D eigenvalue weighted by Crippen LogP contribution is 2.28. The van der Waals surface area contributed by atoms with Gasteiger partial charge in [0.1, 0.15) is 22.3 Å². The average Bonchev–Trinajstić information content (AvgIpc) is 3.44. The summed E-state index contributed by atoms with van der Waals surface area (Å²) in [5.41, 5.74) is 1.49. The molecule has 42 heavy (non-hydrogen) atoms.